The lowest BCUT2D eigenvalue weighted by Crippen LogP contribution is -2.25. The third-order valence-corrected chi connectivity index (χ3v) is 5.43. The maximum absolute atomic E-state index is 12.8. The summed E-state index contributed by atoms with van der Waals surface area (Å²) in [6, 6.07) is 12.4. The van der Waals surface area contributed by atoms with Gasteiger partial charge in [-0.2, -0.15) is 18.2 Å². The summed E-state index contributed by atoms with van der Waals surface area (Å²) >= 11 is 0. The van der Waals surface area contributed by atoms with Crippen LogP contribution in [0.4, 0.5) is 36.3 Å². The normalized spacial score (nSPS) is 14.3. The minimum Gasteiger partial charge on any atom is -0.492 e. The van der Waals surface area contributed by atoms with Crippen LogP contribution in [0.15, 0.2) is 54.7 Å². The molecule has 1 aromatic heterocycles. The molecule has 1 aliphatic rings. The van der Waals surface area contributed by atoms with Gasteiger partial charge in [-0.05, 0) is 81.4 Å². The van der Waals surface area contributed by atoms with E-state index >= 15 is 0 Å². The Morgan fingerprint density at radius 2 is 1.58 bits per heavy atom. The van der Waals surface area contributed by atoms with E-state index in [0.29, 0.717) is 24.1 Å². The topological polar surface area (TPSA) is 62.3 Å². The van der Waals surface area contributed by atoms with Crippen LogP contribution in [0.5, 0.6) is 5.75 Å². The van der Waals surface area contributed by atoms with Crippen LogP contribution in [0, 0.1) is 6.92 Å². The molecule has 2 aromatic carbocycles. The van der Waals surface area contributed by atoms with Crippen molar-refractivity contribution in [3.63, 3.8) is 0 Å². The molecule has 174 valence electrons. The molecule has 6 nitrogen and oxygen atoms in total. The number of aryl methyl sites for hydroxylation is 1. The van der Waals surface area contributed by atoms with E-state index in [4.69, 9.17) is 4.74 Å². The number of rotatable bonds is 8. The Balaban J connectivity index is 1.35. The number of ether oxygens (including phenoxy) is 1. The summed E-state index contributed by atoms with van der Waals surface area (Å²) < 4.78 is 44.1. The average Bonchev–Trinajstić information content (AvgIpc) is 3.31. The molecule has 33 heavy (non-hydrogen) atoms. The molecule has 0 atom stereocenters. The summed E-state index contributed by atoms with van der Waals surface area (Å²) in [6.07, 6.45) is -0.182. The molecule has 3 aromatic rings. The first-order valence-corrected chi connectivity index (χ1v) is 10.9. The molecule has 0 bridgehead atoms. The molecule has 2 heterocycles. The molecule has 0 aliphatic carbocycles. The van der Waals surface area contributed by atoms with E-state index in [-0.39, 0.29) is 0 Å². The Hall–Kier alpha value is -3.33. The highest BCUT2D eigenvalue weighted by Crippen LogP contribution is 2.30. The summed E-state index contributed by atoms with van der Waals surface area (Å²) in [5.41, 5.74) is 1.37. The summed E-state index contributed by atoms with van der Waals surface area (Å²) in [5, 5.41) is 6.19. The first-order valence-electron chi connectivity index (χ1n) is 10.9. The lowest BCUT2D eigenvalue weighted by molar-refractivity contribution is -0.137. The predicted molar refractivity (Wildman–Crippen MR) is 122 cm³/mol. The monoisotopic (exact) mass is 457 g/mol. The van der Waals surface area contributed by atoms with E-state index in [1.54, 1.807) is 6.20 Å². The quantitative estimate of drug-likeness (QED) is 0.448. The lowest BCUT2D eigenvalue weighted by atomic mass is 10.2. The van der Waals surface area contributed by atoms with Gasteiger partial charge in [0.25, 0.3) is 0 Å². The third-order valence-electron chi connectivity index (χ3n) is 5.43. The van der Waals surface area contributed by atoms with Crippen LogP contribution in [0.3, 0.4) is 0 Å². The fourth-order valence-electron chi connectivity index (χ4n) is 3.57. The van der Waals surface area contributed by atoms with E-state index in [2.05, 4.69) is 25.5 Å². The van der Waals surface area contributed by atoms with Crippen molar-refractivity contribution in [3.8, 4) is 5.75 Å². The Morgan fingerprint density at radius 1 is 0.939 bits per heavy atom. The van der Waals surface area contributed by atoms with Gasteiger partial charge in [-0.25, -0.2) is 4.98 Å². The minimum absolute atomic E-state index is 0.373. The summed E-state index contributed by atoms with van der Waals surface area (Å²) in [4.78, 5) is 11.2. The van der Waals surface area contributed by atoms with Crippen molar-refractivity contribution >= 4 is 23.1 Å². The van der Waals surface area contributed by atoms with Crippen molar-refractivity contribution < 1.29 is 17.9 Å². The minimum atomic E-state index is -4.37. The average molecular weight is 458 g/mol. The number of alkyl halides is 3. The number of benzene rings is 2. The number of nitrogens with one attached hydrogen (secondary N) is 2. The van der Waals surface area contributed by atoms with Gasteiger partial charge in [-0.1, -0.05) is 0 Å². The fraction of sp³-hybridized carbons (Fsp3) is 0.333. The highest BCUT2D eigenvalue weighted by molar-refractivity contribution is 5.62. The molecule has 1 saturated heterocycles. The first kappa shape index (κ1) is 22.8. The van der Waals surface area contributed by atoms with Crippen LogP contribution in [0.1, 0.15) is 24.0 Å². The number of likely N-dealkylation sites (tertiary alicyclic amines) is 1. The van der Waals surface area contributed by atoms with Crippen LogP contribution in [0.25, 0.3) is 0 Å². The van der Waals surface area contributed by atoms with Crippen molar-refractivity contribution in [2.24, 2.45) is 0 Å². The highest BCUT2D eigenvalue weighted by Gasteiger charge is 2.29. The van der Waals surface area contributed by atoms with Crippen LogP contribution >= 0.6 is 0 Å². The molecule has 0 amide bonds. The van der Waals surface area contributed by atoms with E-state index in [0.717, 1.165) is 48.8 Å². The van der Waals surface area contributed by atoms with Gasteiger partial charge in [-0.3, -0.25) is 4.90 Å². The van der Waals surface area contributed by atoms with Gasteiger partial charge in [0.05, 0.1) is 5.56 Å². The number of hydrogen-bond acceptors (Lipinski definition) is 6. The second kappa shape index (κ2) is 10.1. The zero-order valence-electron chi connectivity index (χ0n) is 18.3. The predicted octanol–water partition coefficient (Wildman–Crippen LogP) is 5.77. The van der Waals surface area contributed by atoms with Gasteiger partial charge in [0, 0.05) is 29.7 Å². The van der Waals surface area contributed by atoms with Gasteiger partial charge in [0.15, 0.2) is 0 Å². The van der Waals surface area contributed by atoms with Gasteiger partial charge in [-0.15, -0.1) is 0 Å². The summed E-state index contributed by atoms with van der Waals surface area (Å²) in [6.45, 7) is 5.72. The fourth-order valence-corrected chi connectivity index (χ4v) is 3.57. The molecule has 9 heteroatoms. The second-order valence-corrected chi connectivity index (χ2v) is 7.97. The zero-order valence-corrected chi connectivity index (χ0v) is 18.3. The van der Waals surface area contributed by atoms with Crippen molar-refractivity contribution in [3.05, 3.63) is 65.9 Å². The smallest absolute Gasteiger partial charge is 0.416 e. The summed E-state index contributed by atoms with van der Waals surface area (Å²) in [7, 11) is 0. The molecule has 0 unspecified atom stereocenters. The van der Waals surface area contributed by atoms with Gasteiger partial charge < -0.3 is 15.4 Å². The van der Waals surface area contributed by atoms with E-state index in [9.17, 15) is 13.2 Å². The number of nitrogens with zero attached hydrogens (tertiary/aromatic N) is 3. The van der Waals surface area contributed by atoms with Crippen molar-refractivity contribution in [2.75, 3.05) is 36.9 Å². The molecule has 0 spiro atoms. The van der Waals surface area contributed by atoms with Crippen LogP contribution in [0.2, 0.25) is 0 Å². The number of anilines is 4. The van der Waals surface area contributed by atoms with Gasteiger partial charge >= 0.3 is 6.18 Å². The largest absolute Gasteiger partial charge is 0.492 e. The van der Waals surface area contributed by atoms with Crippen LogP contribution in [-0.4, -0.2) is 41.1 Å². The molecular formula is C24H26F3N5O. The highest BCUT2D eigenvalue weighted by atomic mass is 19.4. The number of aromatic nitrogens is 2. The maximum atomic E-state index is 12.8. The molecule has 4 rings (SSSR count). The van der Waals surface area contributed by atoms with Crippen molar-refractivity contribution in [2.45, 2.75) is 25.9 Å². The lowest BCUT2D eigenvalue weighted by Gasteiger charge is -2.15. The Kier molecular flexibility index (Phi) is 6.98. The van der Waals surface area contributed by atoms with Crippen molar-refractivity contribution in [1.29, 1.82) is 0 Å². The van der Waals surface area contributed by atoms with Crippen LogP contribution < -0.4 is 15.4 Å². The Morgan fingerprint density at radius 3 is 2.24 bits per heavy atom. The second-order valence-electron chi connectivity index (χ2n) is 7.97. The van der Waals surface area contributed by atoms with E-state index in [1.807, 2.05) is 31.2 Å². The molecule has 1 fully saturated rings. The molecule has 0 saturated carbocycles. The van der Waals surface area contributed by atoms with E-state index < -0.39 is 11.7 Å². The molecular weight excluding hydrogens is 431 g/mol. The summed E-state index contributed by atoms with van der Waals surface area (Å²) in [5.74, 6) is 1.68. The maximum Gasteiger partial charge on any atom is 0.416 e. The third kappa shape index (κ3) is 6.35. The molecule has 1 aliphatic heterocycles. The standard InChI is InChI=1S/C24H26F3N5O/c1-17-16-28-23(31-22(17)29-19-6-4-18(5-7-19)24(25,26)27)30-20-8-10-21(11-9-20)33-15-14-32-12-2-3-13-32/h4-11,16H,2-3,12-15H2,1H3,(H2,28,29,30,31). The molecule has 0 radical (unpaired) electrons. The van der Waals surface area contributed by atoms with E-state index in [1.165, 1.54) is 25.0 Å². The molecule has 2 N–H and O–H groups in total. The zero-order chi connectivity index (χ0) is 23.3. The SMILES string of the molecule is Cc1cnc(Nc2ccc(OCCN3CCCC3)cc2)nc1Nc1ccc(C(F)(F)F)cc1. The number of hydrogen-bond donors (Lipinski definition) is 2. The van der Waals surface area contributed by atoms with Crippen molar-refractivity contribution in [1.82, 2.24) is 14.9 Å². The first-order chi connectivity index (χ1) is 15.9. The van der Waals surface area contributed by atoms with Gasteiger partial charge in [0.2, 0.25) is 5.95 Å². The number of halogens is 3. The van der Waals surface area contributed by atoms with Crippen LogP contribution in [-0.2, 0) is 6.18 Å². The van der Waals surface area contributed by atoms with Gasteiger partial charge in [0.1, 0.15) is 18.2 Å². The Bertz CT molecular complexity index is 1050. The Labute approximate surface area is 190 Å².